The SMILES string of the molecule is CCCCOc1ccc([C@@H]2C(=C(O)c3ccc4c(c3)OCCO4)C(=O)C(=O)N2c2nc3ccc(OCC)cc3s2)cc1. The van der Waals surface area contributed by atoms with Crippen LogP contribution in [-0.4, -0.2) is 48.2 Å². The van der Waals surface area contributed by atoms with Gasteiger partial charge < -0.3 is 24.1 Å². The number of aliphatic hydroxyl groups excluding tert-OH is 1. The van der Waals surface area contributed by atoms with Gasteiger partial charge in [0.1, 0.15) is 30.5 Å². The molecule has 2 aliphatic heterocycles. The molecule has 0 saturated carbocycles. The van der Waals surface area contributed by atoms with Crippen LogP contribution in [0.15, 0.2) is 66.2 Å². The lowest BCUT2D eigenvalue weighted by Gasteiger charge is -2.23. The van der Waals surface area contributed by atoms with Crippen molar-refractivity contribution in [2.24, 2.45) is 0 Å². The van der Waals surface area contributed by atoms with E-state index < -0.39 is 17.7 Å². The lowest BCUT2D eigenvalue weighted by atomic mass is 9.95. The van der Waals surface area contributed by atoms with Crippen molar-refractivity contribution in [3.05, 3.63) is 77.4 Å². The van der Waals surface area contributed by atoms with E-state index in [0.29, 0.717) is 71.2 Å². The van der Waals surface area contributed by atoms with Crippen LogP contribution in [0.25, 0.3) is 16.0 Å². The number of carbonyl (C=O) groups excluding carboxylic acids is 2. The Labute approximate surface area is 246 Å². The average Bonchev–Trinajstić information content (AvgIpc) is 3.54. The number of Topliss-reactive ketones (excluding diaryl/α,β-unsaturated/α-hetero) is 1. The Morgan fingerprint density at radius 3 is 2.50 bits per heavy atom. The molecule has 9 nitrogen and oxygen atoms in total. The Kier molecular flexibility index (Phi) is 7.71. The first-order valence-corrected chi connectivity index (χ1v) is 14.8. The van der Waals surface area contributed by atoms with Crippen LogP contribution in [0.3, 0.4) is 0 Å². The van der Waals surface area contributed by atoms with Gasteiger partial charge in [0.25, 0.3) is 5.78 Å². The number of ketones is 1. The summed E-state index contributed by atoms with van der Waals surface area (Å²) in [5.74, 6) is 0.503. The van der Waals surface area contributed by atoms with E-state index in [0.717, 1.165) is 17.5 Å². The minimum Gasteiger partial charge on any atom is -0.507 e. The molecule has 0 unspecified atom stereocenters. The van der Waals surface area contributed by atoms with Crippen LogP contribution in [0, 0.1) is 0 Å². The van der Waals surface area contributed by atoms with E-state index in [-0.39, 0.29) is 11.3 Å². The molecule has 10 heteroatoms. The number of hydrogen-bond donors (Lipinski definition) is 1. The van der Waals surface area contributed by atoms with Crippen molar-refractivity contribution in [2.75, 3.05) is 31.3 Å². The summed E-state index contributed by atoms with van der Waals surface area (Å²) >= 11 is 1.28. The van der Waals surface area contributed by atoms with Crippen molar-refractivity contribution < 1.29 is 33.6 Å². The van der Waals surface area contributed by atoms with Gasteiger partial charge in [0, 0.05) is 5.56 Å². The van der Waals surface area contributed by atoms with Crippen molar-refractivity contribution in [1.29, 1.82) is 0 Å². The standard InChI is InChI=1S/C32H30N2O7S/c1-3-5-14-39-21-9-6-19(7-10-21)28-27(29(35)20-8-13-24-25(17-20)41-16-15-40-24)30(36)31(37)34(28)32-33-23-12-11-22(38-4-2)18-26(23)42-32/h6-13,17-18,28,35H,3-5,14-16H2,1-2H3/t28-/m1/s1. The third kappa shape index (κ3) is 5.14. The predicted molar refractivity (Wildman–Crippen MR) is 160 cm³/mol. The number of aliphatic hydroxyl groups is 1. The highest BCUT2D eigenvalue weighted by atomic mass is 32.1. The summed E-state index contributed by atoms with van der Waals surface area (Å²) in [5.41, 5.74) is 1.61. The number of fused-ring (bicyclic) bond motifs is 2. The fraction of sp³-hybridized carbons (Fsp3) is 0.281. The zero-order valence-corrected chi connectivity index (χ0v) is 24.1. The Morgan fingerprint density at radius 2 is 1.74 bits per heavy atom. The van der Waals surface area contributed by atoms with Gasteiger partial charge in [0.15, 0.2) is 16.6 Å². The second-order valence-corrected chi connectivity index (χ2v) is 10.9. The molecule has 0 radical (unpaired) electrons. The fourth-order valence-electron chi connectivity index (χ4n) is 5.02. The maximum absolute atomic E-state index is 13.7. The zero-order chi connectivity index (χ0) is 29.2. The average molecular weight is 587 g/mol. The molecule has 0 bridgehead atoms. The van der Waals surface area contributed by atoms with Crippen molar-refractivity contribution in [2.45, 2.75) is 32.7 Å². The lowest BCUT2D eigenvalue weighted by Crippen LogP contribution is -2.29. The Balaban J connectivity index is 1.46. The van der Waals surface area contributed by atoms with Crippen LogP contribution in [0.4, 0.5) is 5.13 Å². The van der Waals surface area contributed by atoms with Gasteiger partial charge in [0.2, 0.25) is 0 Å². The molecule has 3 aromatic carbocycles. The highest BCUT2D eigenvalue weighted by Crippen LogP contribution is 2.45. The third-order valence-corrected chi connectivity index (χ3v) is 8.11. The summed E-state index contributed by atoms with van der Waals surface area (Å²) < 4.78 is 23.6. The summed E-state index contributed by atoms with van der Waals surface area (Å²) in [4.78, 5) is 33.4. The number of hydrogen-bond acceptors (Lipinski definition) is 9. The number of benzene rings is 3. The van der Waals surface area contributed by atoms with Gasteiger partial charge in [0.05, 0.1) is 35.0 Å². The molecule has 2 aliphatic rings. The number of anilines is 1. The van der Waals surface area contributed by atoms with Crippen LogP contribution in [0.5, 0.6) is 23.0 Å². The number of rotatable bonds is 9. The Bertz CT molecular complexity index is 1680. The topological polar surface area (TPSA) is 107 Å². The molecule has 1 atom stereocenters. The van der Waals surface area contributed by atoms with Gasteiger partial charge in [-0.1, -0.05) is 36.8 Å². The van der Waals surface area contributed by atoms with E-state index in [9.17, 15) is 14.7 Å². The summed E-state index contributed by atoms with van der Waals surface area (Å²) in [5, 5.41) is 11.9. The van der Waals surface area contributed by atoms with E-state index in [4.69, 9.17) is 23.9 Å². The van der Waals surface area contributed by atoms with Gasteiger partial charge in [-0.15, -0.1) is 0 Å². The first-order chi connectivity index (χ1) is 20.5. The van der Waals surface area contributed by atoms with E-state index in [1.807, 2.05) is 49.4 Å². The first kappa shape index (κ1) is 27.6. The molecule has 3 heterocycles. The molecular weight excluding hydrogens is 556 g/mol. The molecule has 0 aliphatic carbocycles. The lowest BCUT2D eigenvalue weighted by molar-refractivity contribution is -0.132. The van der Waals surface area contributed by atoms with Crippen LogP contribution < -0.4 is 23.8 Å². The summed E-state index contributed by atoms with van der Waals surface area (Å²) in [7, 11) is 0. The van der Waals surface area contributed by atoms with Crippen molar-refractivity contribution in [1.82, 2.24) is 4.98 Å². The Morgan fingerprint density at radius 1 is 0.976 bits per heavy atom. The van der Waals surface area contributed by atoms with Gasteiger partial charge in [-0.05, 0) is 67.4 Å². The predicted octanol–water partition coefficient (Wildman–Crippen LogP) is 6.27. The monoisotopic (exact) mass is 586 g/mol. The summed E-state index contributed by atoms with van der Waals surface area (Å²) in [6.45, 7) is 5.91. The minimum absolute atomic E-state index is 0.0365. The highest BCUT2D eigenvalue weighted by Gasteiger charge is 2.48. The molecule has 42 heavy (non-hydrogen) atoms. The number of amides is 1. The Hall–Kier alpha value is -4.57. The first-order valence-electron chi connectivity index (χ1n) is 14.0. The van der Waals surface area contributed by atoms with Gasteiger partial charge in [-0.25, -0.2) is 4.98 Å². The maximum Gasteiger partial charge on any atom is 0.301 e. The van der Waals surface area contributed by atoms with E-state index in [1.165, 1.54) is 16.2 Å². The van der Waals surface area contributed by atoms with Crippen molar-refractivity contribution in [3.63, 3.8) is 0 Å². The van der Waals surface area contributed by atoms with E-state index in [2.05, 4.69) is 6.92 Å². The minimum atomic E-state index is -0.921. The molecule has 1 fully saturated rings. The van der Waals surface area contributed by atoms with Crippen LogP contribution in [0.1, 0.15) is 43.9 Å². The molecule has 1 saturated heterocycles. The smallest absolute Gasteiger partial charge is 0.301 e. The van der Waals surface area contributed by atoms with Crippen LogP contribution >= 0.6 is 11.3 Å². The molecular formula is C32H30N2O7S. The molecule has 216 valence electrons. The fourth-order valence-corrected chi connectivity index (χ4v) is 6.05. The second-order valence-electron chi connectivity index (χ2n) is 9.86. The molecule has 1 amide bonds. The summed E-state index contributed by atoms with van der Waals surface area (Å²) in [6.07, 6.45) is 1.95. The second kappa shape index (κ2) is 11.7. The van der Waals surface area contributed by atoms with Crippen molar-refractivity contribution in [3.8, 4) is 23.0 Å². The quantitative estimate of drug-likeness (QED) is 0.106. The largest absolute Gasteiger partial charge is 0.507 e. The number of nitrogens with zero attached hydrogens (tertiary/aromatic N) is 2. The van der Waals surface area contributed by atoms with Gasteiger partial charge in [-0.2, -0.15) is 0 Å². The molecule has 6 rings (SSSR count). The number of carbonyl (C=O) groups is 2. The summed E-state index contributed by atoms with van der Waals surface area (Å²) in [6, 6.07) is 16.8. The number of thiazole rings is 1. The molecule has 4 aromatic rings. The molecule has 0 spiro atoms. The molecule has 1 N–H and O–H groups in total. The normalized spacial score (nSPS) is 17.6. The van der Waals surface area contributed by atoms with Crippen LogP contribution in [0.2, 0.25) is 0 Å². The number of aromatic nitrogens is 1. The third-order valence-electron chi connectivity index (χ3n) is 7.09. The number of ether oxygens (including phenoxy) is 4. The number of unbranched alkanes of at least 4 members (excludes halogenated alkanes) is 1. The van der Waals surface area contributed by atoms with E-state index >= 15 is 0 Å². The van der Waals surface area contributed by atoms with Gasteiger partial charge in [-0.3, -0.25) is 14.5 Å². The highest BCUT2D eigenvalue weighted by molar-refractivity contribution is 7.22. The van der Waals surface area contributed by atoms with Gasteiger partial charge >= 0.3 is 5.91 Å². The molecule has 1 aromatic heterocycles. The van der Waals surface area contributed by atoms with Crippen molar-refractivity contribution >= 4 is 44.1 Å². The van der Waals surface area contributed by atoms with Crippen LogP contribution in [-0.2, 0) is 9.59 Å². The van der Waals surface area contributed by atoms with E-state index in [1.54, 1.807) is 18.2 Å². The maximum atomic E-state index is 13.7. The zero-order valence-electron chi connectivity index (χ0n) is 23.3.